The first-order valence-corrected chi connectivity index (χ1v) is 4.55. The van der Waals surface area contributed by atoms with Crippen LogP contribution in [0.2, 0.25) is 0 Å². The molecule has 1 aliphatic heterocycles. The Hall–Kier alpha value is -1.68. The first-order valence-electron chi connectivity index (χ1n) is 4.15. The van der Waals surface area contributed by atoms with Crippen LogP contribution in [-0.4, -0.2) is 11.0 Å². The molecule has 0 saturated carbocycles. The lowest BCUT2D eigenvalue weighted by Crippen LogP contribution is -2.21. The van der Waals surface area contributed by atoms with Crippen molar-refractivity contribution in [2.24, 2.45) is 0 Å². The normalized spacial score (nSPS) is 18.1. The van der Waals surface area contributed by atoms with Gasteiger partial charge in [0, 0.05) is 0 Å². The van der Waals surface area contributed by atoms with E-state index >= 15 is 0 Å². The number of hydrogen-bond acceptors (Lipinski definition) is 2. The van der Waals surface area contributed by atoms with Crippen LogP contribution in [0.3, 0.4) is 0 Å². The predicted octanol–water partition coefficient (Wildman–Crippen LogP) is 1.67. The third-order valence-electron chi connectivity index (χ3n) is 1.83. The van der Waals surface area contributed by atoms with E-state index in [1.807, 2.05) is 36.4 Å². The first-order chi connectivity index (χ1) is 6.75. The Morgan fingerprint density at radius 3 is 2.43 bits per heavy atom. The van der Waals surface area contributed by atoms with Crippen LogP contribution in [0.25, 0.3) is 6.08 Å². The van der Waals surface area contributed by atoms with Gasteiger partial charge < -0.3 is 5.32 Å². The zero-order chi connectivity index (χ0) is 9.97. The highest BCUT2D eigenvalue weighted by atomic mass is 32.1. The molecule has 0 atom stereocenters. The van der Waals surface area contributed by atoms with Gasteiger partial charge in [0.1, 0.15) is 4.99 Å². The highest BCUT2D eigenvalue weighted by Crippen LogP contribution is 2.08. The zero-order valence-electron chi connectivity index (χ0n) is 7.28. The molecule has 0 unspecified atom stereocenters. The Morgan fingerprint density at radius 1 is 1.14 bits per heavy atom. The first kappa shape index (κ1) is 8.90. The number of carbonyl (C=O) groups is 1. The molecule has 0 bridgehead atoms. The number of benzene rings is 1. The fraction of sp³-hybridized carbons (Fsp3) is 0. The second-order valence-electron chi connectivity index (χ2n) is 2.88. The standard InChI is InChI=1S/C10H8N2OS/c13-10-11-8(9(14)12-10)6-7-4-2-1-3-5-7/h1-6H,(H2,11,12,13,14). The van der Waals surface area contributed by atoms with Crippen LogP contribution in [0.1, 0.15) is 5.56 Å². The Balaban J connectivity index is 2.28. The van der Waals surface area contributed by atoms with Gasteiger partial charge in [-0.15, -0.1) is 0 Å². The number of urea groups is 1. The fourth-order valence-corrected chi connectivity index (χ4v) is 1.40. The number of nitrogens with one attached hydrogen (secondary N) is 2. The summed E-state index contributed by atoms with van der Waals surface area (Å²) in [5.41, 5.74) is 1.66. The number of hydrogen-bond donors (Lipinski definition) is 2. The van der Waals surface area contributed by atoms with Crippen molar-refractivity contribution in [3.05, 3.63) is 41.6 Å². The molecule has 2 rings (SSSR count). The minimum absolute atomic E-state index is 0.266. The van der Waals surface area contributed by atoms with Gasteiger partial charge in [-0.1, -0.05) is 42.5 Å². The van der Waals surface area contributed by atoms with Gasteiger partial charge in [0.25, 0.3) is 0 Å². The quantitative estimate of drug-likeness (QED) is 0.539. The third-order valence-corrected chi connectivity index (χ3v) is 2.15. The van der Waals surface area contributed by atoms with Gasteiger partial charge in [-0.05, 0) is 11.6 Å². The van der Waals surface area contributed by atoms with E-state index in [1.54, 1.807) is 0 Å². The SMILES string of the molecule is O=C1NC(=S)C(=Cc2ccccc2)N1. The molecule has 0 aliphatic carbocycles. The molecule has 14 heavy (non-hydrogen) atoms. The topological polar surface area (TPSA) is 41.1 Å². The largest absolute Gasteiger partial charge is 0.324 e. The minimum Gasteiger partial charge on any atom is -0.305 e. The van der Waals surface area contributed by atoms with E-state index in [0.29, 0.717) is 10.7 Å². The number of carbonyl (C=O) groups excluding carboxylic acids is 1. The molecule has 2 N–H and O–H groups in total. The number of rotatable bonds is 1. The molecule has 1 saturated heterocycles. The van der Waals surface area contributed by atoms with E-state index < -0.39 is 0 Å². The Bertz CT molecular complexity index is 411. The van der Waals surface area contributed by atoms with E-state index in [9.17, 15) is 4.79 Å². The molecule has 0 radical (unpaired) electrons. The van der Waals surface area contributed by atoms with E-state index in [0.717, 1.165) is 5.56 Å². The van der Waals surface area contributed by atoms with Crippen molar-refractivity contribution in [3.63, 3.8) is 0 Å². The van der Waals surface area contributed by atoms with E-state index in [-0.39, 0.29) is 6.03 Å². The lowest BCUT2D eigenvalue weighted by atomic mass is 10.2. The summed E-state index contributed by atoms with van der Waals surface area (Å²) in [6.07, 6.45) is 1.83. The Kier molecular flexibility index (Phi) is 2.28. The molecule has 0 aromatic heterocycles. The predicted molar refractivity (Wildman–Crippen MR) is 58.7 cm³/mol. The highest BCUT2D eigenvalue weighted by molar-refractivity contribution is 7.80. The van der Waals surface area contributed by atoms with Gasteiger partial charge in [-0.3, -0.25) is 5.32 Å². The van der Waals surface area contributed by atoms with Crippen LogP contribution in [0.15, 0.2) is 36.0 Å². The summed E-state index contributed by atoms with van der Waals surface area (Å²) in [6, 6.07) is 9.42. The minimum atomic E-state index is -0.266. The number of amides is 2. The molecule has 1 fully saturated rings. The van der Waals surface area contributed by atoms with Gasteiger partial charge in [-0.25, -0.2) is 4.79 Å². The van der Waals surface area contributed by atoms with Gasteiger partial charge in [0.2, 0.25) is 0 Å². The molecule has 1 aromatic rings. The van der Waals surface area contributed by atoms with Gasteiger partial charge in [0.15, 0.2) is 0 Å². The second kappa shape index (κ2) is 3.59. The van der Waals surface area contributed by atoms with Crippen LogP contribution in [0, 0.1) is 0 Å². The van der Waals surface area contributed by atoms with Crippen LogP contribution in [-0.2, 0) is 0 Å². The molecule has 0 spiro atoms. The molecule has 4 heteroatoms. The Morgan fingerprint density at radius 2 is 1.86 bits per heavy atom. The maximum Gasteiger partial charge on any atom is 0.324 e. The molecule has 1 heterocycles. The Labute approximate surface area is 86.8 Å². The number of thiocarbonyl (C=S) groups is 1. The van der Waals surface area contributed by atoms with Crippen molar-refractivity contribution >= 4 is 29.3 Å². The monoisotopic (exact) mass is 204 g/mol. The molecule has 2 amide bonds. The molecule has 1 aliphatic rings. The molecular formula is C10H8N2OS. The average molecular weight is 204 g/mol. The van der Waals surface area contributed by atoms with Crippen molar-refractivity contribution in [2.45, 2.75) is 0 Å². The lowest BCUT2D eigenvalue weighted by molar-refractivity contribution is 0.250. The summed E-state index contributed by atoms with van der Waals surface area (Å²) in [7, 11) is 0. The summed E-state index contributed by atoms with van der Waals surface area (Å²) in [4.78, 5) is 11.3. The van der Waals surface area contributed by atoms with E-state index in [2.05, 4.69) is 10.6 Å². The van der Waals surface area contributed by atoms with Crippen LogP contribution in [0.5, 0.6) is 0 Å². The van der Waals surface area contributed by atoms with Crippen LogP contribution >= 0.6 is 12.2 Å². The van der Waals surface area contributed by atoms with E-state index in [1.165, 1.54) is 0 Å². The van der Waals surface area contributed by atoms with Gasteiger partial charge in [-0.2, -0.15) is 0 Å². The summed E-state index contributed by atoms with van der Waals surface area (Å²) in [5, 5.41) is 5.12. The lowest BCUT2D eigenvalue weighted by Gasteiger charge is -1.95. The molecule has 1 aromatic carbocycles. The summed E-state index contributed by atoms with van der Waals surface area (Å²) < 4.78 is 0. The maximum absolute atomic E-state index is 10.9. The van der Waals surface area contributed by atoms with Gasteiger partial charge in [0.05, 0.1) is 5.70 Å². The van der Waals surface area contributed by atoms with Crippen molar-refractivity contribution in [3.8, 4) is 0 Å². The van der Waals surface area contributed by atoms with Crippen molar-refractivity contribution in [1.82, 2.24) is 10.6 Å². The van der Waals surface area contributed by atoms with Crippen LogP contribution < -0.4 is 10.6 Å². The average Bonchev–Trinajstić information content (AvgIpc) is 2.47. The zero-order valence-corrected chi connectivity index (χ0v) is 8.10. The van der Waals surface area contributed by atoms with Crippen molar-refractivity contribution in [1.29, 1.82) is 0 Å². The molecular weight excluding hydrogens is 196 g/mol. The van der Waals surface area contributed by atoms with Crippen LogP contribution in [0.4, 0.5) is 4.79 Å². The molecule has 3 nitrogen and oxygen atoms in total. The van der Waals surface area contributed by atoms with Crippen molar-refractivity contribution < 1.29 is 4.79 Å². The molecule has 70 valence electrons. The summed E-state index contributed by atoms with van der Waals surface area (Å²) in [5.74, 6) is 0. The fourth-order valence-electron chi connectivity index (χ4n) is 1.20. The maximum atomic E-state index is 10.9. The second-order valence-corrected chi connectivity index (χ2v) is 3.29. The summed E-state index contributed by atoms with van der Waals surface area (Å²) >= 11 is 4.95. The third kappa shape index (κ3) is 1.80. The highest BCUT2D eigenvalue weighted by Gasteiger charge is 2.18. The van der Waals surface area contributed by atoms with Crippen molar-refractivity contribution in [2.75, 3.05) is 0 Å². The van der Waals surface area contributed by atoms with E-state index in [4.69, 9.17) is 12.2 Å². The smallest absolute Gasteiger partial charge is 0.305 e. The summed E-state index contributed by atoms with van der Waals surface area (Å²) in [6.45, 7) is 0. The van der Waals surface area contributed by atoms with Gasteiger partial charge >= 0.3 is 6.03 Å².